The minimum absolute atomic E-state index is 0.0647. The molecule has 15 heavy (non-hydrogen) atoms. The van der Waals surface area contributed by atoms with Gasteiger partial charge >= 0.3 is 11.9 Å². The van der Waals surface area contributed by atoms with E-state index in [1.54, 1.807) is 0 Å². The van der Waals surface area contributed by atoms with Crippen molar-refractivity contribution in [3.05, 3.63) is 0 Å². The van der Waals surface area contributed by atoms with Gasteiger partial charge in [-0.1, -0.05) is 33.1 Å². The molecule has 0 aromatic rings. The third-order valence-corrected chi connectivity index (χ3v) is 2.66. The third-order valence-electron chi connectivity index (χ3n) is 2.66. The molecule has 0 saturated heterocycles. The minimum Gasteiger partial charge on any atom is -0.481 e. The highest BCUT2D eigenvalue weighted by Crippen LogP contribution is 2.22. The van der Waals surface area contributed by atoms with E-state index in [4.69, 9.17) is 10.2 Å². The van der Waals surface area contributed by atoms with E-state index in [1.807, 2.05) is 6.92 Å². The second kappa shape index (κ2) is 7.26. The first kappa shape index (κ1) is 13.9. The Morgan fingerprint density at radius 2 is 1.80 bits per heavy atom. The van der Waals surface area contributed by atoms with E-state index in [0.717, 1.165) is 25.7 Å². The summed E-state index contributed by atoms with van der Waals surface area (Å²) in [6, 6.07) is 0. The molecule has 0 aliphatic rings. The average molecular weight is 216 g/mol. The molecule has 0 saturated carbocycles. The van der Waals surface area contributed by atoms with Crippen molar-refractivity contribution in [2.45, 2.75) is 46.0 Å². The Labute approximate surface area is 90.3 Å². The number of unbranched alkanes of at least 4 members (excludes halogenated alkanes) is 2. The Bertz CT molecular complexity index is 213. The van der Waals surface area contributed by atoms with Gasteiger partial charge in [-0.3, -0.25) is 9.59 Å². The monoisotopic (exact) mass is 216 g/mol. The summed E-state index contributed by atoms with van der Waals surface area (Å²) in [6.45, 7) is 3.90. The highest BCUT2D eigenvalue weighted by Gasteiger charge is 2.26. The lowest BCUT2D eigenvalue weighted by atomic mass is 9.87. The molecule has 2 unspecified atom stereocenters. The molecule has 0 amide bonds. The predicted molar refractivity (Wildman–Crippen MR) is 56.7 cm³/mol. The number of hydrogen-bond acceptors (Lipinski definition) is 2. The second-order valence-electron chi connectivity index (χ2n) is 4.02. The summed E-state index contributed by atoms with van der Waals surface area (Å²) in [5, 5.41) is 17.5. The molecule has 2 N–H and O–H groups in total. The Hall–Kier alpha value is -1.06. The van der Waals surface area contributed by atoms with Gasteiger partial charge in [0.2, 0.25) is 0 Å². The van der Waals surface area contributed by atoms with Crippen LogP contribution in [0.25, 0.3) is 0 Å². The summed E-state index contributed by atoms with van der Waals surface area (Å²) in [6.07, 6.45) is 3.65. The van der Waals surface area contributed by atoms with Gasteiger partial charge in [0.15, 0.2) is 0 Å². The van der Waals surface area contributed by atoms with Crippen LogP contribution in [-0.4, -0.2) is 22.2 Å². The number of aliphatic carboxylic acids is 2. The first-order valence-electron chi connectivity index (χ1n) is 5.43. The maximum Gasteiger partial charge on any atom is 0.307 e. The van der Waals surface area contributed by atoms with Crippen LogP contribution in [0.2, 0.25) is 0 Å². The summed E-state index contributed by atoms with van der Waals surface area (Å²) in [5.41, 5.74) is 0. The summed E-state index contributed by atoms with van der Waals surface area (Å²) >= 11 is 0. The van der Waals surface area contributed by atoms with Gasteiger partial charge in [0.25, 0.3) is 0 Å². The molecule has 88 valence electrons. The number of rotatable bonds is 8. The van der Waals surface area contributed by atoms with Crippen molar-refractivity contribution < 1.29 is 19.8 Å². The van der Waals surface area contributed by atoms with Crippen molar-refractivity contribution in [1.82, 2.24) is 0 Å². The zero-order valence-corrected chi connectivity index (χ0v) is 9.40. The Morgan fingerprint density at radius 1 is 1.20 bits per heavy atom. The summed E-state index contributed by atoms with van der Waals surface area (Å²) < 4.78 is 0. The molecule has 0 radical (unpaired) electrons. The summed E-state index contributed by atoms with van der Waals surface area (Å²) in [5.74, 6) is -2.85. The first-order chi connectivity index (χ1) is 6.99. The molecule has 0 aromatic carbocycles. The van der Waals surface area contributed by atoms with E-state index in [-0.39, 0.29) is 12.3 Å². The molecule has 0 aliphatic carbocycles. The fourth-order valence-electron chi connectivity index (χ4n) is 1.64. The molecule has 0 aromatic heterocycles. The van der Waals surface area contributed by atoms with Gasteiger partial charge in [-0.05, 0) is 12.3 Å². The number of carboxylic acid groups (broad SMARTS) is 2. The fraction of sp³-hybridized carbons (Fsp3) is 0.818. The van der Waals surface area contributed by atoms with Crippen LogP contribution in [0.3, 0.4) is 0 Å². The van der Waals surface area contributed by atoms with Crippen LogP contribution in [0.5, 0.6) is 0 Å². The van der Waals surface area contributed by atoms with Crippen LogP contribution in [0.15, 0.2) is 0 Å². The highest BCUT2D eigenvalue weighted by molar-refractivity contribution is 5.77. The van der Waals surface area contributed by atoms with Gasteiger partial charge in [0.05, 0.1) is 12.3 Å². The van der Waals surface area contributed by atoms with Crippen LogP contribution >= 0.6 is 0 Å². The van der Waals surface area contributed by atoms with E-state index in [1.165, 1.54) is 0 Å². The smallest absolute Gasteiger partial charge is 0.307 e. The van der Waals surface area contributed by atoms with Gasteiger partial charge in [0.1, 0.15) is 0 Å². The Morgan fingerprint density at radius 3 is 2.20 bits per heavy atom. The lowest BCUT2D eigenvalue weighted by Crippen LogP contribution is -2.24. The van der Waals surface area contributed by atoms with Crippen molar-refractivity contribution in [2.75, 3.05) is 0 Å². The van der Waals surface area contributed by atoms with E-state index in [0.29, 0.717) is 0 Å². The molecular weight excluding hydrogens is 196 g/mol. The lowest BCUT2D eigenvalue weighted by Gasteiger charge is -2.18. The van der Waals surface area contributed by atoms with Crippen LogP contribution in [0.1, 0.15) is 46.0 Å². The van der Waals surface area contributed by atoms with Crippen molar-refractivity contribution in [1.29, 1.82) is 0 Å². The fourth-order valence-corrected chi connectivity index (χ4v) is 1.64. The molecule has 0 aliphatic heterocycles. The maximum absolute atomic E-state index is 10.8. The number of carboxylic acids is 2. The maximum atomic E-state index is 10.8. The van der Waals surface area contributed by atoms with Gasteiger partial charge in [-0.2, -0.15) is 0 Å². The largest absolute Gasteiger partial charge is 0.481 e. The van der Waals surface area contributed by atoms with Crippen LogP contribution in [0.4, 0.5) is 0 Å². The molecule has 4 heteroatoms. The Kier molecular flexibility index (Phi) is 6.75. The topological polar surface area (TPSA) is 74.6 Å². The van der Waals surface area contributed by atoms with E-state index >= 15 is 0 Å². The number of hydrogen-bond donors (Lipinski definition) is 2. The zero-order chi connectivity index (χ0) is 11.8. The van der Waals surface area contributed by atoms with Crippen molar-refractivity contribution in [3.63, 3.8) is 0 Å². The highest BCUT2D eigenvalue weighted by atomic mass is 16.4. The van der Waals surface area contributed by atoms with Crippen LogP contribution in [-0.2, 0) is 9.59 Å². The molecule has 4 nitrogen and oxygen atoms in total. The van der Waals surface area contributed by atoms with Crippen molar-refractivity contribution in [3.8, 4) is 0 Å². The van der Waals surface area contributed by atoms with E-state index < -0.39 is 17.9 Å². The second-order valence-corrected chi connectivity index (χ2v) is 4.02. The van der Waals surface area contributed by atoms with Crippen LogP contribution < -0.4 is 0 Å². The predicted octanol–water partition coefficient (Wildman–Crippen LogP) is 2.38. The molecule has 0 fully saturated rings. The molecule has 2 atom stereocenters. The SMILES string of the molecule is CCCCCC(C)C(CC(=O)O)C(=O)O. The molecule has 0 rings (SSSR count). The standard InChI is InChI=1S/C11H20O4/c1-3-4-5-6-8(2)9(11(14)15)7-10(12)13/h8-9H,3-7H2,1-2H3,(H,12,13)(H,14,15). The first-order valence-corrected chi connectivity index (χ1v) is 5.43. The van der Waals surface area contributed by atoms with Crippen molar-refractivity contribution >= 4 is 11.9 Å². The van der Waals surface area contributed by atoms with E-state index in [9.17, 15) is 9.59 Å². The van der Waals surface area contributed by atoms with Gasteiger partial charge in [-0.25, -0.2) is 0 Å². The third kappa shape index (κ3) is 6.10. The summed E-state index contributed by atoms with van der Waals surface area (Å²) in [4.78, 5) is 21.3. The normalized spacial score (nSPS) is 14.5. The molecule has 0 spiro atoms. The molecule has 0 bridgehead atoms. The van der Waals surface area contributed by atoms with Crippen LogP contribution in [0, 0.1) is 11.8 Å². The zero-order valence-electron chi connectivity index (χ0n) is 9.40. The quantitative estimate of drug-likeness (QED) is 0.611. The van der Waals surface area contributed by atoms with Gasteiger partial charge in [-0.15, -0.1) is 0 Å². The minimum atomic E-state index is -1.04. The van der Waals surface area contributed by atoms with E-state index in [2.05, 4.69) is 6.92 Å². The Balaban J connectivity index is 4.10. The summed E-state index contributed by atoms with van der Waals surface area (Å²) in [7, 11) is 0. The lowest BCUT2D eigenvalue weighted by molar-refractivity contribution is -0.150. The molecular formula is C11H20O4. The molecule has 0 heterocycles. The van der Waals surface area contributed by atoms with Gasteiger partial charge in [0, 0.05) is 0 Å². The van der Waals surface area contributed by atoms with Gasteiger partial charge < -0.3 is 10.2 Å². The van der Waals surface area contributed by atoms with Crippen molar-refractivity contribution in [2.24, 2.45) is 11.8 Å². The number of carbonyl (C=O) groups is 2. The average Bonchev–Trinajstić information content (AvgIpc) is 2.13.